The summed E-state index contributed by atoms with van der Waals surface area (Å²) >= 11 is 0. The number of anilines is 1. The fourth-order valence-corrected chi connectivity index (χ4v) is 7.74. The van der Waals surface area contributed by atoms with Crippen LogP contribution in [0.3, 0.4) is 0 Å². The van der Waals surface area contributed by atoms with Crippen molar-refractivity contribution < 1.29 is 14.3 Å². The normalized spacial score (nSPS) is 25.4. The Bertz CT molecular complexity index is 1410. The second-order valence-corrected chi connectivity index (χ2v) is 14.3. The number of hydrogen-bond acceptors (Lipinski definition) is 8. The first-order valence-corrected chi connectivity index (χ1v) is 16.6. The molecule has 3 heterocycles. The lowest BCUT2D eigenvalue weighted by atomic mass is 9.73. The fourth-order valence-electron chi connectivity index (χ4n) is 7.74. The fraction of sp³-hybridized carbons (Fsp3) is 0.657. The van der Waals surface area contributed by atoms with Crippen molar-refractivity contribution in [1.29, 1.82) is 5.26 Å². The van der Waals surface area contributed by atoms with Gasteiger partial charge in [0.15, 0.2) is 0 Å². The van der Waals surface area contributed by atoms with Gasteiger partial charge in [-0.2, -0.15) is 15.2 Å². The Morgan fingerprint density at radius 1 is 1.07 bits per heavy atom. The Hall–Kier alpha value is -3.38. The molecule has 0 radical (unpaired) electrons. The molecule has 6 rings (SSSR count). The minimum absolute atomic E-state index is 0.234. The molecule has 236 valence electrons. The zero-order chi connectivity index (χ0) is 31.0. The zero-order valence-electron chi connectivity index (χ0n) is 27.1. The number of aryl methyl sites for hydroxylation is 1. The molecule has 2 fully saturated rings. The number of nitriles is 1. The van der Waals surface area contributed by atoms with E-state index in [2.05, 4.69) is 48.0 Å². The summed E-state index contributed by atoms with van der Waals surface area (Å²) in [5.41, 5.74) is 6.24. The van der Waals surface area contributed by atoms with E-state index in [9.17, 15) is 10.1 Å². The summed E-state index contributed by atoms with van der Waals surface area (Å²) in [4.78, 5) is 29.6. The Labute approximate surface area is 262 Å². The second-order valence-electron chi connectivity index (χ2n) is 14.3. The van der Waals surface area contributed by atoms with Gasteiger partial charge in [-0.3, -0.25) is 0 Å². The lowest BCUT2D eigenvalue weighted by Gasteiger charge is -2.42. The van der Waals surface area contributed by atoms with Crippen molar-refractivity contribution >= 4 is 11.9 Å². The smallest absolute Gasteiger partial charge is 0.410 e. The van der Waals surface area contributed by atoms with E-state index in [-0.39, 0.29) is 18.6 Å². The number of rotatable bonds is 6. The molecule has 4 aliphatic rings. The number of benzene rings is 1. The number of fused-ring (bicyclic) bond motifs is 2. The predicted octanol–water partition coefficient (Wildman–Crippen LogP) is 5.30. The van der Waals surface area contributed by atoms with Gasteiger partial charge in [0, 0.05) is 31.2 Å². The van der Waals surface area contributed by atoms with Gasteiger partial charge in [-0.1, -0.05) is 25.1 Å². The molecule has 1 amide bonds. The number of carbonyl (C=O) groups is 1. The van der Waals surface area contributed by atoms with E-state index in [0.717, 1.165) is 37.3 Å². The Kier molecular flexibility index (Phi) is 8.74. The summed E-state index contributed by atoms with van der Waals surface area (Å²) in [5.74, 6) is 1.75. The minimum atomic E-state index is -0.595. The molecule has 9 nitrogen and oxygen atoms in total. The van der Waals surface area contributed by atoms with E-state index in [1.165, 1.54) is 42.4 Å². The standard InChI is InChI=1S/C35H48N6O3/c1-23-19-30-31(20-29(23)28-13-7-10-24-9-6-12-27(24)28)37-33(43-22-26-11-8-16-39(26)5)38-32(30)40-17-18-41(25(21-40)14-15-36)34(42)44-35(2,3)4/h7,10,13,23,25-26,29H,6,8-9,11-12,14,16-22H2,1-5H3/t23?,25?,26-,29?/m0/s1. The van der Waals surface area contributed by atoms with Crippen molar-refractivity contribution in [3.8, 4) is 12.1 Å². The van der Waals surface area contributed by atoms with Crippen LogP contribution < -0.4 is 9.64 Å². The van der Waals surface area contributed by atoms with Crippen molar-refractivity contribution in [3.63, 3.8) is 0 Å². The highest BCUT2D eigenvalue weighted by atomic mass is 16.6. The SMILES string of the molecule is CC1Cc2c(nc(OC[C@@H]3CCCN3C)nc2N2CCN(C(=O)OC(C)(C)C)C(CC#N)C2)CC1c1cccc2c1CCC2. The predicted molar refractivity (Wildman–Crippen MR) is 170 cm³/mol. The van der Waals surface area contributed by atoms with Crippen LogP contribution in [0.25, 0.3) is 0 Å². The topological polar surface area (TPSA) is 94.8 Å². The number of aromatic nitrogens is 2. The van der Waals surface area contributed by atoms with Crippen molar-refractivity contribution in [2.45, 2.75) is 103 Å². The highest BCUT2D eigenvalue weighted by Crippen LogP contribution is 2.43. The number of ether oxygens (including phenoxy) is 2. The number of hydrogen-bond donors (Lipinski definition) is 0. The molecule has 0 bridgehead atoms. The third-order valence-corrected chi connectivity index (χ3v) is 10.1. The molecule has 3 unspecified atom stereocenters. The molecule has 4 atom stereocenters. The lowest BCUT2D eigenvalue weighted by Crippen LogP contribution is -2.56. The van der Waals surface area contributed by atoms with Gasteiger partial charge >= 0.3 is 12.1 Å². The second kappa shape index (κ2) is 12.5. The van der Waals surface area contributed by atoms with Crippen LogP contribution in [0, 0.1) is 17.2 Å². The van der Waals surface area contributed by atoms with Crippen LogP contribution in [0.15, 0.2) is 18.2 Å². The third-order valence-electron chi connectivity index (χ3n) is 10.1. The number of amides is 1. The van der Waals surface area contributed by atoms with Gasteiger partial charge in [-0.25, -0.2) is 4.79 Å². The van der Waals surface area contributed by atoms with E-state index in [4.69, 9.17) is 19.4 Å². The maximum Gasteiger partial charge on any atom is 0.410 e. The van der Waals surface area contributed by atoms with E-state index in [1.807, 2.05) is 20.8 Å². The van der Waals surface area contributed by atoms with Gasteiger partial charge in [-0.15, -0.1) is 0 Å². The molecule has 44 heavy (non-hydrogen) atoms. The lowest BCUT2D eigenvalue weighted by molar-refractivity contribution is 0.0144. The van der Waals surface area contributed by atoms with Crippen LogP contribution in [-0.2, 0) is 30.4 Å². The summed E-state index contributed by atoms with van der Waals surface area (Å²) in [6.45, 7) is 11.2. The number of piperazine rings is 1. The van der Waals surface area contributed by atoms with Crippen LogP contribution in [-0.4, -0.2) is 83.4 Å². The van der Waals surface area contributed by atoms with Crippen LogP contribution in [0.1, 0.15) is 87.2 Å². The summed E-state index contributed by atoms with van der Waals surface area (Å²) in [6, 6.07) is 9.70. The zero-order valence-corrected chi connectivity index (χ0v) is 27.1. The van der Waals surface area contributed by atoms with Crippen molar-refractivity contribution in [2.24, 2.45) is 5.92 Å². The van der Waals surface area contributed by atoms with Crippen LogP contribution in [0.5, 0.6) is 6.01 Å². The Morgan fingerprint density at radius 3 is 2.66 bits per heavy atom. The van der Waals surface area contributed by atoms with E-state index < -0.39 is 5.60 Å². The van der Waals surface area contributed by atoms with E-state index in [0.29, 0.717) is 50.1 Å². The molecule has 9 heteroatoms. The molecule has 2 saturated heterocycles. The Balaban J connectivity index is 1.31. The highest BCUT2D eigenvalue weighted by molar-refractivity contribution is 5.69. The first-order valence-electron chi connectivity index (χ1n) is 16.6. The quantitative estimate of drug-likeness (QED) is 0.441. The summed E-state index contributed by atoms with van der Waals surface area (Å²) in [5, 5.41) is 9.68. The van der Waals surface area contributed by atoms with E-state index >= 15 is 0 Å². The van der Waals surface area contributed by atoms with Gasteiger partial charge in [0.2, 0.25) is 0 Å². The molecule has 1 aromatic carbocycles. The van der Waals surface area contributed by atoms with E-state index in [1.54, 1.807) is 10.5 Å². The minimum Gasteiger partial charge on any atom is -0.462 e. The highest BCUT2D eigenvalue weighted by Gasteiger charge is 2.38. The number of likely N-dealkylation sites (tertiary alicyclic amines) is 1. The van der Waals surface area contributed by atoms with Crippen molar-refractivity contribution in [3.05, 3.63) is 46.1 Å². The van der Waals surface area contributed by atoms with Crippen LogP contribution in [0.4, 0.5) is 10.6 Å². The maximum atomic E-state index is 13.1. The molecular weight excluding hydrogens is 552 g/mol. The van der Waals surface area contributed by atoms with Crippen molar-refractivity contribution in [1.82, 2.24) is 19.8 Å². The summed E-state index contributed by atoms with van der Waals surface area (Å²) < 4.78 is 12.1. The van der Waals surface area contributed by atoms with Gasteiger partial charge in [0.25, 0.3) is 0 Å². The van der Waals surface area contributed by atoms with Crippen LogP contribution in [0.2, 0.25) is 0 Å². The van der Waals surface area contributed by atoms with Gasteiger partial charge in [-0.05, 0) is 108 Å². The van der Waals surface area contributed by atoms with Gasteiger partial charge in [0.1, 0.15) is 18.0 Å². The average Bonchev–Trinajstić information content (AvgIpc) is 3.63. The Morgan fingerprint density at radius 2 is 1.91 bits per heavy atom. The third kappa shape index (κ3) is 6.37. The molecule has 2 aliphatic carbocycles. The van der Waals surface area contributed by atoms with Crippen molar-refractivity contribution in [2.75, 3.05) is 44.7 Å². The first-order chi connectivity index (χ1) is 21.1. The number of carbonyl (C=O) groups excluding carboxylic acids is 1. The largest absolute Gasteiger partial charge is 0.462 e. The summed E-state index contributed by atoms with van der Waals surface area (Å²) in [6.07, 6.45) is 7.52. The monoisotopic (exact) mass is 600 g/mol. The molecule has 2 aromatic rings. The van der Waals surface area contributed by atoms with Crippen LogP contribution >= 0.6 is 0 Å². The molecule has 2 aliphatic heterocycles. The maximum absolute atomic E-state index is 13.1. The van der Waals surface area contributed by atoms with Gasteiger partial charge in [0.05, 0.1) is 24.2 Å². The first kappa shape index (κ1) is 30.6. The molecule has 0 spiro atoms. The molecule has 0 saturated carbocycles. The molecular formula is C35H48N6O3. The molecule has 0 N–H and O–H groups in total. The average molecular weight is 601 g/mol. The van der Waals surface area contributed by atoms with Gasteiger partial charge < -0.3 is 24.2 Å². The number of nitrogens with zero attached hydrogens (tertiary/aromatic N) is 6. The summed E-state index contributed by atoms with van der Waals surface area (Å²) in [7, 11) is 2.16. The number of likely N-dealkylation sites (N-methyl/N-ethyl adjacent to an activating group) is 1. The molecule has 1 aromatic heterocycles.